The molecule has 51 heavy (non-hydrogen) atoms. The first kappa shape index (κ1) is 35.6. The van der Waals surface area contributed by atoms with Crippen molar-refractivity contribution in [3.8, 4) is 34.1 Å². The Hall–Kier alpha value is -5.19. The number of ether oxygens (including phenoxy) is 4. The summed E-state index contributed by atoms with van der Waals surface area (Å²) in [6.45, 7) is 2.06. The molecule has 0 aliphatic heterocycles. The van der Waals surface area contributed by atoms with E-state index in [1.807, 2.05) is 24.3 Å². The number of hydrogen-bond acceptors (Lipinski definition) is 8. The van der Waals surface area contributed by atoms with Gasteiger partial charge in [0.1, 0.15) is 5.75 Å². The first-order valence-electron chi connectivity index (χ1n) is 17.8. The molecule has 3 aromatic carbocycles. The number of aromatic amines is 1. The third kappa shape index (κ3) is 7.48. The summed E-state index contributed by atoms with van der Waals surface area (Å²) in [5.74, 6) is 2.24. The normalized spacial score (nSPS) is 16.2. The van der Waals surface area contributed by atoms with Crippen LogP contribution in [0.2, 0.25) is 0 Å². The first-order valence-corrected chi connectivity index (χ1v) is 17.8. The Morgan fingerprint density at radius 2 is 1.67 bits per heavy atom. The zero-order valence-electron chi connectivity index (χ0n) is 30.1. The molecule has 11 nitrogen and oxygen atoms in total. The molecule has 270 valence electrons. The van der Waals surface area contributed by atoms with Gasteiger partial charge in [-0.15, -0.1) is 0 Å². The van der Waals surface area contributed by atoms with Crippen LogP contribution in [0.25, 0.3) is 22.0 Å². The average Bonchev–Trinajstić information content (AvgIpc) is 3.35. The lowest BCUT2D eigenvalue weighted by Gasteiger charge is -2.24. The quantitative estimate of drug-likeness (QED) is 0.116. The molecule has 2 aliphatic carbocycles. The highest BCUT2D eigenvalue weighted by atomic mass is 16.5. The third-order valence-corrected chi connectivity index (χ3v) is 10.1. The van der Waals surface area contributed by atoms with E-state index >= 15 is 0 Å². The van der Waals surface area contributed by atoms with E-state index < -0.39 is 0 Å². The van der Waals surface area contributed by atoms with E-state index in [0.29, 0.717) is 48.7 Å². The number of nitrogens with one attached hydrogen (secondary N) is 4. The molecule has 11 heteroatoms. The lowest BCUT2D eigenvalue weighted by molar-refractivity contribution is -0.122. The molecule has 0 spiro atoms. The number of fused-ring (bicyclic) bond motifs is 6. The number of amides is 2. The number of rotatable bonds is 13. The Kier molecular flexibility index (Phi) is 11.0. The molecule has 1 unspecified atom stereocenters. The smallest absolute Gasteiger partial charge is 0.220 e. The van der Waals surface area contributed by atoms with Crippen molar-refractivity contribution in [3.05, 3.63) is 75.1 Å². The van der Waals surface area contributed by atoms with Crippen molar-refractivity contribution in [3.63, 3.8) is 0 Å². The molecule has 2 atom stereocenters. The number of anilines is 1. The fourth-order valence-electron chi connectivity index (χ4n) is 7.64. The molecule has 1 aromatic heterocycles. The van der Waals surface area contributed by atoms with E-state index in [4.69, 9.17) is 18.9 Å². The zero-order valence-corrected chi connectivity index (χ0v) is 30.1. The van der Waals surface area contributed by atoms with Crippen LogP contribution in [0.4, 0.5) is 5.69 Å². The SMILES string of the molecule is COc1ccc2[nH]c3c(c2c1)CCCC3NC(=O)CCCCCNc1ccc2c(cc1=O)[C@H](NC(C)=O)CCc1cc(OC)c(OC)c(OC)c1-2. The van der Waals surface area contributed by atoms with Gasteiger partial charge in [-0.25, -0.2) is 0 Å². The molecular formula is C40H48N4O7. The largest absolute Gasteiger partial charge is 0.497 e. The van der Waals surface area contributed by atoms with Gasteiger partial charge in [-0.1, -0.05) is 12.5 Å². The number of carbonyl (C=O) groups is 2. The number of methoxy groups -OCH3 is 4. The number of hydrogen-bond donors (Lipinski definition) is 4. The Balaban J connectivity index is 1.10. The lowest BCUT2D eigenvalue weighted by Crippen LogP contribution is -2.30. The van der Waals surface area contributed by atoms with Gasteiger partial charge in [0.05, 0.1) is 46.2 Å². The number of unbranched alkanes of at least 4 members (excludes halogenated alkanes) is 2. The lowest BCUT2D eigenvalue weighted by atomic mass is 9.91. The summed E-state index contributed by atoms with van der Waals surface area (Å²) >= 11 is 0. The second kappa shape index (κ2) is 15.8. The maximum Gasteiger partial charge on any atom is 0.220 e. The summed E-state index contributed by atoms with van der Waals surface area (Å²) in [4.78, 5) is 42.3. The van der Waals surface area contributed by atoms with E-state index in [2.05, 4.69) is 27.0 Å². The maximum absolute atomic E-state index is 13.6. The molecule has 0 saturated carbocycles. The standard InChI is InChI=1S/C40H48N4O7/c1-23(45)42-30-16-13-24-20-35(49-3)39(50-4)40(51-5)37(24)26-15-18-32(34(46)22-29(26)30)41-19-8-6-7-12-36(47)43-33-11-9-10-27-28-21-25(48-2)14-17-31(28)44-38(27)33/h14-15,17-18,20-22,30,33,44H,6-13,16,19H2,1-5H3,(H,41,46)(H,42,45)(H,43,47)/t30-,33?/m1/s1. The third-order valence-electron chi connectivity index (χ3n) is 10.1. The highest BCUT2D eigenvalue weighted by Gasteiger charge is 2.30. The molecule has 0 bridgehead atoms. The van der Waals surface area contributed by atoms with Crippen molar-refractivity contribution in [2.75, 3.05) is 40.3 Å². The summed E-state index contributed by atoms with van der Waals surface area (Å²) in [5, 5.41) is 10.8. The van der Waals surface area contributed by atoms with Crippen molar-refractivity contribution in [2.24, 2.45) is 0 Å². The average molecular weight is 697 g/mol. The zero-order chi connectivity index (χ0) is 36.1. The van der Waals surface area contributed by atoms with Crippen LogP contribution in [0.15, 0.2) is 47.3 Å². The summed E-state index contributed by atoms with van der Waals surface area (Å²) in [5.41, 5.74) is 7.02. The molecule has 4 aromatic rings. The highest BCUT2D eigenvalue weighted by molar-refractivity contribution is 5.87. The van der Waals surface area contributed by atoms with Crippen LogP contribution in [-0.2, 0) is 22.4 Å². The fraction of sp³-hybridized carbons (Fsp3) is 0.425. The fourth-order valence-corrected chi connectivity index (χ4v) is 7.64. The molecule has 1 heterocycles. The Morgan fingerprint density at radius 3 is 2.41 bits per heavy atom. The van der Waals surface area contributed by atoms with E-state index in [0.717, 1.165) is 83.1 Å². The molecule has 0 saturated heterocycles. The molecular weight excluding hydrogens is 648 g/mol. The Labute approximate surface area is 298 Å². The van der Waals surface area contributed by atoms with Crippen LogP contribution < -0.4 is 40.3 Å². The number of H-pyrrole nitrogens is 1. The second-order valence-corrected chi connectivity index (χ2v) is 13.3. The first-order chi connectivity index (χ1) is 24.8. The van der Waals surface area contributed by atoms with Crippen molar-refractivity contribution in [1.29, 1.82) is 0 Å². The van der Waals surface area contributed by atoms with E-state index in [1.54, 1.807) is 40.6 Å². The van der Waals surface area contributed by atoms with Crippen molar-refractivity contribution < 1.29 is 28.5 Å². The predicted octanol–water partition coefficient (Wildman–Crippen LogP) is 6.52. The van der Waals surface area contributed by atoms with E-state index in [-0.39, 0.29) is 29.3 Å². The van der Waals surface area contributed by atoms with Crippen molar-refractivity contribution in [2.45, 2.75) is 76.8 Å². The Morgan fingerprint density at radius 1 is 0.843 bits per heavy atom. The van der Waals surface area contributed by atoms with Crippen LogP contribution in [0.1, 0.15) is 86.3 Å². The molecule has 2 aliphatic rings. The molecule has 4 N–H and O–H groups in total. The van der Waals surface area contributed by atoms with Crippen LogP contribution in [0.3, 0.4) is 0 Å². The summed E-state index contributed by atoms with van der Waals surface area (Å²) in [7, 11) is 6.40. The molecule has 0 radical (unpaired) electrons. The number of carbonyl (C=O) groups excluding carboxylic acids is 2. The van der Waals surface area contributed by atoms with E-state index in [1.165, 1.54) is 12.5 Å². The molecule has 2 amide bonds. The van der Waals surface area contributed by atoms with Gasteiger partial charge in [0.25, 0.3) is 0 Å². The van der Waals surface area contributed by atoms with Crippen LogP contribution in [0.5, 0.6) is 23.0 Å². The second-order valence-electron chi connectivity index (χ2n) is 13.3. The number of aromatic nitrogens is 1. The van der Waals surface area contributed by atoms with Crippen LogP contribution in [-0.4, -0.2) is 51.8 Å². The number of benzene rings is 2. The van der Waals surface area contributed by atoms with Gasteiger partial charge in [-0.05, 0) is 104 Å². The summed E-state index contributed by atoms with van der Waals surface area (Å²) in [6, 6.07) is 12.9. The van der Waals surface area contributed by atoms with Gasteiger partial charge in [0.15, 0.2) is 11.5 Å². The Bertz CT molecular complexity index is 1990. The predicted molar refractivity (Wildman–Crippen MR) is 198 cm³/mol. The van der Waals surface area contributed by atoms with Gasteiger partial charge in [0.2, 0.25) is 23.0 Å². The summed E-state index contributed by atoms with van der Waals surface area (Å²) in [6.07, 6.45) is 6.96. The van der Waals surface area contributed by atoms with Crippen molar-refractivity contribution in [1.82, 2.24) is 15.6 Å². The summed E-state index contributed by atoms with van der Waals surface area (Å²) < 4.78 is 22.6. The maximum atomic E-state index is 13.6. The monoisotopic (exact) mass is 696 g/mol. The van der Waals surface area contributed by atoms with Crippen LogP contribution >= 0.6 is 0 Å². The topological polar surface area (TPSA) is 140 Å². The minimum atomic E-state index is -0.370. The van der Waals surface area contributed by atoms with Gasteiger partial charge in [-0.3, -0.25) is 14.4 Å². The highest BCUT2D eigenvalue weighted by Crippen LogP contribution is 2.50. The van der Waals surface area contributed by atoms with Crippen LogP contribution in [0, 0.1) is 0 Å². The van der Waals surface area contributed by atoms with Gasteiger partial charge in [-0.2, -0.15) is 0 Å². The van der Waals surface area contributed by atoms with Gasteiger partial charge in [0, 0.05) is 42.0 Å². The van der Waals surface area contributed by atoms with Crippen molar-refractivity contribution >= 4 is 28.4 Å². The number of aryl methyl sites for hydroxylation is 2. The minimum Gasteiger partial charge on any atom is -0.497 e. The minimum absolute atomic E-state index is 0.0222. The van der Waals surface area contributed by atoms with E-state index in [9.17, 15) is 14.4 Å². The van der Waals surface area contributed by atoms with Gasteiger partial charge >= 0.3 is 0 Å². The van der Waals surface area contributed by atoms with Gasteiger partial charge < -0.3 is 39.9 Å². The molecule has 6 rings (SSSR count). The molecule has 0 fully saturated rings.